The van der Waals surface area contributed by atoms with Crippen LogP contribution >= 0.6 is 0 Å². The molecule has 3 nitrogen and oxygen atoms in total. The third kappa shape index (κ3) is 2.19. The largest absolute Gasteiger partial charge is 0.492 e. The van der Waals surface area contributed by atoms with Crippen molar-refractivity contribution in [3.8, 4) is 5.75 Å². The predicted molar refractivity (Wildman–Crippen MR) is 74.2 cm³/mol. The fourth-order valence-corrected chi connectivity index (χ4v) is 2.85. The Hall–Kier alpha value is -1.22. The van der Waals surface area contributed by atoms with Crippen LogP contribution in [0.3, 0.4) is 0 Å². The molecule has 1 unspecified atom stereocenters. The molecule has 1 aromatic carbocycles. The lowest BCUT2D eigenvalue weighted by atomic mass is 9.89. The number of aliphatic hydroxyl groups excluding tert-OH is 1. The highest BCUT2D eigenvalue weighted by Gasteiger charge is 2.41. The van der Waals surface area contributed by atoms with E-state index in [0.29, 0.717) is 12.5 Å². The molecule has 0 bridgehead atoms. The van der Waals surface area contributed by atoms with E-state index >= 15 is 0 Å². The van der Waals surface area contributed by atoms with Crippen LogP contribution in [0.25, 0.3) is 0 Å². The maximum absolute atomic E-state index is 9.48. The minimum absolute atomic E-state index is 0.0258. The number of nitrogens with zero attached hydrogens (tertiary/aromatic N) is 1. The van der Waals surface area contributed by atoms with Crippen LogP contribution in [-0.2, 0) is 0 Å². The van der Waals surface area contributed by atoms with Gasteiger partial charge >= 0.3 is 0 Å². The van der Waals surface area contributed by atoms with Gasteiger partial charge in [-0.3, -0.25) is 0 Å². The smallest absolute Gasteiger partial charge is 0.142 e. The van der Waals surface area contributed by atoms with Crippen LogP contribution in [0.1, 0.15) is 27.2 Å². The van der Waals surface area contributed by atoms with Gasteiger partial charge in [-0.25, -0.2) is 0 Å². The molecule has 100 valence electrons. The van der Waals surface area contributed by atoms with E-state index in [-0.39, 0.29) is 12.1 Å². The van der Waals surface area contributed by atoms with Crippen molar-refractivity contribution in [3.05, 3.63) is 24.3 Å². The highest BCUT2D eigenvalue weighted by atomic mass is 16.5. The molecular formula is C15H23NO2. The quantitative estimate of drug-likeness (QED) is 0.890. The van der Waals surface area contributed by atoms with E-state index < -0.39 is 0 Å². The Kier molecular flexibility index (Phi) is 3.81. The number of aliphatic hydroxyl groups is 1. The molecule has 0 aromatic heterocycles. The second-order valence-corrected chi connectivity index (χ2v) is 5.37. The van der Waals surface area contributed by atoms with E-state index in [1.54, 1.807) is 0 Å². The summed E-state index contributed by atoms with van der Waals surface area (Å²) in [4.78, 5) is 2.36. The molecule has 0 spiro atoms. The SMILES string of the molecule is CCOc1ccccc1N1CCC(CO)C1(C)C. The van der Waals surface area contributed by atoms with E-state index in [1.807, 2.05) is 25.1 Å². The van der Waals surface area contributed by atoms with E-state index in [4.69, 9.17) is 4.74 Å². The van der Waals surface area contributed by atoms with Crippen LogP contribution < -0.4 is 9.64 Å². The summed E-state index contributed by atoms with van der Waals surface area (Å²) in [6.45, 7) is 8.30. The molecule has 0 saturated carbocycles. The van der Waals surface area contributed by atoms with Crippen LogP contribution in [0, 0.1) is 5.92 Å². The van der Waals surface area contributed by atoms with Gasteiger partial charge in [0.1, 0.15) is 5.75 Å². The van der Waals surface area contributed by atoms with E-state index in [9.17, 15) is 5.11 Å². The Morgan fingerprint density at radius 2 is 2.11 bits per heavy atom. The maximum atomic E-state index is 9.48. The van der Waals surface area contributed by atoms with Gasteiger partial charge in [-0.2, -0.15) is 0 Å². The van der Waals surface area contributed by atoms with Gasteiger partial charge in [0.2, 0.25) is 0 Å². The van der Waals surface area contributed by atoms with Crippen molar-refractivity contribution >= 4 is 5.69 Å². The fourth-order valence-electron chi connectivity index (χ4n) is 2.85. The van der Waals surface area contributed by atoms with E-state index in [1.165, 1.54) is 0 Å². The van der Waals surface area contributed by atoms with Gasteiger partial charge in [-0.05, 0) is 39.3 Å². The van der Waals surface area contributed by atoms with Gasteiger partial charge in [0.15, 0.2) is 0 Å². The molecule has 1 atom stereocenters. The van der Waals surface area contributed by atoms with Crippen LogP contribution in [0.15, 0.2) is 24.3 Å². The molecule has 2 rings (SSSR count). The molecule has 0 radical (unpaired) electrons. The first-order valence-corrected chi connectivity index (χ1v) is 6.71. The second kappa shape index (κ2) is 5.19. The third-order valence-electron chi connectivity index (χ3n) is 4.07. The van der Waals surface area contributed by atoms with Crippen molar-refractivity contribution < 1.29 is 9.84 Å². The molecule has 0 amide bonds. The molecule has 1 heterocycles. The zero-order chi connectivity index (χ0) is 13.2. The van der Waals surface area contributed by atoms with Crippen molar-refractivity contribution in [2.75, 3.05) is 24.7 Å². The fraction of sp³-hybridized carbons (Fsp3) is 0.600. The van der Waals surface area contributed by atoms with Gasteiger partial charge in [-0.1, -0.05) is 12.1 Å². The van der Waals surface area contributed by atoms with Crippen LogP contribution in [0.4, 0.5) is 5.69 Å². The molecule has 1 N–H and O–H groups in total. The summed E-state index contributed by atoms with van der Waals surface area (Å²) in [7, 11) is 0. The molecular weight excluding hydrogens is 226 g/mol. The lowest BCUT2D eigenvalue weighted by Crippen LogP contribution is -2.43. The predicted octanol–water partition coefficient (Wildman–Crippen LogP) is 2.68. The molecule has 1 aliphatic heterocycles. The number of hydrogen-bond donors (Lipinski definition) is 1. The first kappa shape index (κ1) is 13.2. The second-order valence-electron chi connectivity index (χ2n) is 5.37. The number of hydrogen-bond acceptors (Lipinski definition) is 3. The standard InChI is InChI=1S/C15H23NO2/c1-4-18-14-8-6-5-7-13(14)16-10-9-12(11-17)15(16,2)3/h5-8,12,17H,4,9-11H2,1-3H3. The number of anilines is 1. The van der Waals surface area contributed by atoms with Crippen LogP contribution in [-0.4, -0.2) is 30.4 Å². The summed E-state index contributed by atoms with van der Waals surface area (Å²) in [5.74, 6) is 1.26. The normalized spacial score (nSPS) is 22.2. The summed E-state index contributed by atoms with van der Waals surface area (Å²) in [6, 6.07) is 8.16. The first-order chi connectivity index (χ1) is 8.61. The number of ether oxygens (including phenoxy) is 1. The highest BCUT2D eigenvalue weighted by Crippen LogP contribution is 2.41. The number of rotatable bonds is 4. The molecule has 0 aliphatic carbocycles. The highest BCUT2D eigenvalue weighted by molar-refractivity contribution is 5.61. The van der Waals surface area contributed by atoms with Crippen molar-refractivity contribution in [2.24, 2.45) is 5.92 Å². The summed E-state index contributed by atoms with van der Waals surface area (Å²) < 4.78 is 5.71. The van der Waals surface area contributed by atoms with Gasteiger partial charge in [0, 0.05) is 24.6 Å². The van der Waals surface area contributed by atoms with Crippen molar-refractivity contribution in [3.63, 3.8) is 0 Å². The summed E-state index contributed by atoms with van der Waals surface area (Å²) in [5, 5.41) is 9.48. The molecule has 18 heavy (non-hydrogen) atoms. The Balaban J connectivity index is 2.32. The van der Waals surface area contributed by atoms with Gasteiger partial charge in [0.05, 0.1) is 12.3 Å². The third-order valence-corrected chi connectivity index (χ3v) is 4.07. The molecule has 1 aliphatic rings. The Labute approximate surface area is 109 Å². The van der Waals surface area contributed by atoms with Crippen LogP contribution in [0.5, 0.6) is 5.75 Å². The zero-order valence-corrected chi connectivity index (χ0v) is 11.5. The van der Waals surface area contributed by atoms with Crippen LogP contribution in [0.2, 0.25) is 0 Å². The van der Waals surface area contributed by atoms with Gasteiger partial charge in [0.25, 0.3) is 0 Å². The van der Waals surface area contributed by atoms with E-state index in [2.05, 4.69) is 24.8 Å². The maximum Gasteiger partial charge on any atom is 0.142 e. The molecule has 1 saturated heterocycles. The topological polar surface area (TPSA) is 32.7 Å². The molecule has 3 heteroatoms. The van der Waals surface area contributed by atoms with Gasteiger partial charge < -0.3 is 14.7 Å². The molecule has 1 fully saturated rings. The van der Waals surface area contributed by atoms with Crippen molar-refractivity contribution in [2.45, 2.75) is 32.7 Å². The monoisotopic (exact) mass is 249 g/mol. The summed E-state index contributed by atoms with van der Waals surface area (Å²) >= 11 is 0. The zero-order valence-electron chi connectivity index (χ0n) is 11.5. The lowest BCUT2D eigenvalue weighted by molar-refractivity contribution is 0.189. The summed E-state index contributed by atoms with van der Waals surface area (Å²) in [5.41, 5.74) is 1.11. The number of benzene rings is 1. The Morgan fingerprint density at radius 1 is 1.39 bits per heavy atom. The van der Waals surface area contributed by atoms with Crippen molar-refractivity contribution in [1.29, 1.82) is 0 Å². The Bertz CT molecular complexity index is 403. The van der Waals surface area contributed by atoms with E-state index in [0.717, 1.165) is 24.4 Å². The average Bonchev–Trinajstić information content (AvgIpc) is 2.65. The first-order valence-electron chi connectivity index (χ1n) is 6.71. The van der Waals surface area contributed by atoms with Crippen molar-refractivity contribution in [1.82, 2.24) is 0 Å². The Morgan fingerprint density at radius 3 is 2.72 bits per heavy atom. The minimum atomic E-state index is -0.0258. The summed E-state index contributed by atoms with van der Waals surface area (Å²) in [6.07, 6.45) is 1.03. The average molecular weight is 249 g/mol. The number of para-hydroxylation sites is 2. The molecule has 1 aromatic rings. The lowest BCUT2D eigenvalue weighted by Gasteiger charge is -2.37. The minimum Gasteiger partial charge on any atom is -0.492 e. The van der Waals surface area contributed by atoms with Gasteiger partial charge in [-0.15, -0.1) is 0 Å².